The summed E-state index contributed by atoms with van der Waals surface area (Å²) in [5.41, 5.74) is 6.16. The third-order valence-electron chi connectivity index (χ3n) is 3.55. The first-order valence-corrected chi connectivity index (χ1v) is 6.40. The number of nitrogens with zero attached hydrogens (tertiary/aromatic N) is 3. The van der Waals surface area contributed by atoms with Gasteiger partial charge < -0.3 is 15.0 Å². The lowest BCUT2D eigenvalue weighted by Crippen LogP contribution is -2.21. The highest BCUT2D eigenvalue weighted by Gasteiger charge is 2.24. The van der Waals surface area contributed by atoms with Crippen LogP contribution in [0.5, 0.6) is 0 Å². The molecule has 0 saturated heterocycles. The van der Waals surface area contributed by atoms with Crippen molar-refractivity contribution in [3.63, 3.8) is 0 Å². The molecule has 0 aromatic carbocycles. The minimum Gasteiger partial charge on any atom is -0.385 e. The molecule has 5 nitrogen and oxygen atoms in total. The summed E-state index contributed by atoms with van der Waals surface area (Å²) in [6, 6.07) is 0.477. The molecule has 0 amide bonds. The van der Waals surface area contributed by atoms with Crippen molar-refractivity contribution in [1.29, 1.82) is 0 Å². The van der Waals surface area contributed by atoms with Crippen molar-refractivity contribution < 1.29 is 4.74 Å². The molecule has 1 aliphatic rings. The third-order valence-corrected chi connectivity index (χ3v) is 3.55. The van der Waals surface area contributed by atoms with Crippen molar-refractivity contribution in [3.8, 4) is 0 Å². The van der Waals surface area contributed by atoms with Gasteiger partial charge in [-0.1, -0.05) is 12.8 Å². The summed E-state index contributed by atoms with van der Waals surface area (Å²) in [6.07, 6.45) is 5.84. The number of rotatable bonds is 5. The van der Waals surface area contributed by atoms with Gasteiger partial charge in [-0.2, -0.15) is 0 Å². The van der Waals surface area contributed by atoms with Gasteiger partial charge in [0.1, 0.15) is 11.6 Å². The summed E-state index contributed by atoms with van der Waals surface area (Å²) in [6.45, 7) is 2.68. The zero-order valence-electron chi connectivity index (χ0n) is 10.7. The fraction of sp³-hybridized carbons (Fsp3) is 0.833. The highest BCUT2D eigenvalue weighted by molar-refractivity contribution is 5.02. The molecule has 1 aromatic heterocycles. The second kappa shape index (κ2) is 5.60. The van der Waals surface area contributed by atoms with E-state index in [2.05, 4.69) is 14.8 Å². The summed E-state index contributed by atoms with van der Waals surface area (Å²) in [5, 5.41) is 8.43. The molecule has 0 aliphatic heterocycles. The van der Waals surface area contributed by atoms with Gasteiger partial charge in [0.25, 0.3) is 0 Å². The smallest absolute Gasteiger partial charge is 0.150 e. The monoisotopic (exact) mass is 238 g/mol. The van der Waals surface area contributed by atoms with E-state index in [9.17, 15) is 0 Å². The highest BCUT2D eigenvalue weighted by Crippen LogP contribution is 2.32. The minimum absolute atomic E-state index is 0.0725. The van der Waals surface area contributed by atoms with Crippen molar-refractivity contribution >= 4 is 0 Å². The molecule has 1 unspecified atom stereocenters. The highest BCUT2D eigenvalue weighted by atomic mass is 16.5. The number of aromatic nitrogens is 3. The van der Waals surface area contributed by atoms with E-state index in [0.717, 1.165) is 18.1 Å². The second-order valence-electron chi connectivity index (χ2n) is 4.80. The zero-order chi connectivity index (χ0) is 12.3. The topological polar surface area (TPSA) is 66.0 Å². The summed E-state index contributed by atoms with van der Waals surface area (Å²) in [4.78, 5) is 0. The quantitative estimate of drug-likeness (QED) is 0.848. The maximum atomic E-state index is 6.16. The van der Waals surface area contributed by atoms with Crippen LogP contribution in [-0.4, -0.2) is 28.5 Å². The average molecular weight is 238 g/mol. The predicted molar refractivity (Wildman–Crippen MR) is 65.7 cm³/mol. The van der Waals surface area contributed by atoms with Crippen LogP contribution in [0.15, 0.2) is 0 Å². The molecule has 1 atom stereocenters. The van der Waals surface area contributed by atoms with Gasteiger partial charge in [0.2, 0.25) is 0 Å². The van der Waals surface area contributed by atoms with Gasteiger partial charge in [-0.05, 0) is 26.2 Å². The van der Waals surface area contributed by atoms with E-state index in [1.807, 2.05) is 6.92 Å². The van der Waals surface area contributed by atoms with Crippen LogP contribution in [0.3, 0.4) is 0 Å². The standard InChI is InChI=1S/C12H22N4O/c1-9-14-15-12(11(13)7-8-17-2)16(9)10-5-3-4-6-10/h10-11H,3-8,13H2,1-2H3. The van der Waals surface area contributed by atoms with Gasteiger partial charge in [-0.15, -0.1) is 10.2 Å². The Morgan fingerprint density at radius 1 is 1.41 bits per heavy atom. The Balaban J connectivity index is 2.16. The molecule has 0 spiro atoms. The van der Waals surface area contributed by atoms with Gasteiger partial charge in [0, 0.05) is 19.8 Å². The summed E-state index contributed by atoms with van der Waals surface area (Å²) in [5.74, 6) is 1.91. The fourth-order valence-electron chi connectivity index (χ4n) is 2.63. The van der Waals surface area contributed by atoms with E-state index in [4.69, 9.17) is 10.5 Å². The molecule has 0 radical (unpaired) electrons. The summed E-state index contributed by atoms with van der Waals surface area (Å²) >= 11 is 0. The zero-order valence-corrected chi connectivity index (χ0v) is 10.7. The van der Waals surface area contributed by atoms with Gasteiger partial charge in [-0.3, -0.25) is 0 Å². The summed E-state index contributed by atoms with van der Waals surface area (Å²) < 4.78 is 7.31. The van der Waals surface area contributed by atoms with Crippen LogP contribution in [0.4, 0.5) is 0 Å². The number of aryl methyl sites for hydroxylation is 1. The SMILES string of the molecule is COCCC(N)c1nnc(C)n1C1CCCC1. The Morgan fingerprint density at radius 2 is 2.12 bits per heavy atom. The lowest BCUT2D eigenvalue weighted by atomic mass is 10.2. The van der Waals surface area contributed by atoms with E-state index in [1.165, 1.54) is 25.7 Å². The van der Waals surface area contributed by atoms with Crippen LogP contribution in [0.2, 0.25) is 0 Å². The normalized spacial score (nSPS) is 18.8. The number of hydrogen-bond acceptors (Lipinski definition) is 4. The Labute approximate surface area is 102 Å². The first-order chi connectivity index (χ1) is 8.24. The van der Waals surface area contributed by atoms with Crippen LogP contribution < -0.4 is 5.73 Å². The molecule has 96 valence electrons. The van der Waals surface area contributed by atoms with Crippen LogP contribution in [0.1, 0.15) is 55.8 Å². The van der Waals surface area contributed by atoms with E-state index < -0.39 is 0 Å². The molecule has 1 heterocycles. The van der Waals surface area contributed by atoms with Crippen molar-refractivity contribution in [3.05, 3.63) is 11.6 Å². The Hall–Kier alpha value is -0.940. The molecule has 1 aliphatic carbocycles. The largest absolute Gasteiger partial charge is 0.385 e. The van der Waals surface area contributed by atoms with Crippen molar-refractivity contribution in [2.24, 2.45) is 5.73 Å². The number of methoxy groups -OCH3 is 1. The molecule has 1 saturated carbocycles. The van der Waals surface area contributed by atoms with Crippen LogP contribution in [0, 0.1) is 6.92 Å². The van der Waals surface area contributed by atoms with Crippen molar-refractivity contribution in [2.45, 2.75) is 51.1 Å². The van der Waals surface area contributed by atoms with Gasteiger partial charge in [0.05, 0.1) is 6.04 Å². The maximum Gasteiger partial charge on any atom is 0.150 e. The second-order valence-corrected chi connectivity index (χ2v) is 4.80. The molecule has 1 aromatic rings. The minimum atomic E-state index is -0.0725. The number of nitrogens with two attached hydrogens (primary N) is 1. The van der Waals surface area contributed by atoms with Crippen molar-refractivity contribution in [1.82, 2.24) is 14.8 Å². The number of hydrogen-bond donors (Lipinski definition) is 1. The lowest BCUT2D eigenvalue weighted by molar-refractivity contribution is 0.186. The Kier molecular flexibility index (Phi) is 4.12. The average Bonchev–Trinajstić information content (AvgIpc) is 2.94. The van der Waals surface area contributed by atoms with Crippen LogP contribution in [-0.2, 0) is 4.74 Å². The van der Waals surface area contributed by atoms with Gasteiger partial charge in [-0.25, -0.2) is 0 Å². The fourth-order valence-corrected chi connectivity index (χ4v) is 2.63. The molecule has 0 bridgehead atoms. The molecule has 17 heavy (non-hydrogen) atoms. The van der Waals surface area contributed by atoms with E-state index in [1.54, 1.807) is 7.11 Å². The van der Waals surface area contributed by atoms with E-state index in [0.29, 0.717) is 12.6 Å². The number of ether oxygens (including phenoxy) is 1. The van der Waals surface area contributed by atoms with E-state index >= 15 is 0 Å². The van der Waals surface area contributed by atoms with Crippen LogP contribution >= 0.6 is 0 Å². The van der Waals surface area contributed by atoms with Crippen molar-refractivity contribution in [2.75, 3.05) is 13.7 Å². The molecular weight excluding hydrogens is 216 g/mol. The molecule has 5 heteroatoms. The molecular formula is C12H22N4O. The van der Waals surface area contributed by atoms with Crippen LogP contribution in [0.25, 0.3) is 0 Å². The third kappa shape index (κ3) is 2.66. The first kappa shape index (κ1) is 12.5. The molecule has 2 N–H and O–H groups in total. The summed E-state index contributed by atoms with van der Waals surface area (Å²) in [7, 11) is 1.69. The molecule has 1 fully saturated rings. The Bertz CT molecular complexity index is 357. The lowest BCUT2D eigenvalue weighted by Gasteiger charge is -2.19. The first-order valence-electron chi connectivity index (χ1n) is 6.40. The van der Waals surface area contributed by atoms with E-state index in [-0.39, 0.29) is 6.04 Å². The predicted octanol–water partition coefficient (Wildman–Crippen LogP) is 1.74. The molecule has 2 rings (SSSR count). The maximum absolute atomic E-state index is 6.16. The van der Waals surface area contributed by atoms with Gasteiger partial charge >= 0.3 is 0 Å². The van der Waals surface area contributed by atoms with Gasteiger partial charge in [0.15, 0.2) is 0 Å². The Morgan fingerprint density at radius 3 is 2.76 bits per heavy atom.